The van der Waals surface area contributed by atoms with Crippen molar-refractivity contribution in [2.75, 3.05) is 18.9 Å². The topological polar surface area (TPSA) is 66.6 Å². The number of nitrogen functional groups attached to an aromatic ring is 1. The summed E-state index contributed by atoms with van der Waals surface area (Å²) in [6.45, 7) is 0.980. The van der Waals surface area contributed by atoms with Crippen molar-refractivity contribution < 1.29 is 9.90 Å². The number of amides is 1. The molecule has 0 aliphatic carbocycles. The highest BCUT2D eigenvalue weighted by Crippen LogP contribution is 2.21. The van der Waals surface area contributed by atoms with Gasteiger partial charge in [-0.1, -0.05) is 18.2 Å². The van der Waals surface area contributed by atoms with Crippen LogP contribution in [0.15, 0.2) is 24.3 Å². The number of aliphatic hydroxyl groups excluding tert-OH is 1. The molecule has 1 amide bonds. The Morgan fingerprint density at radius 2 is 2.15 bits per heavy atom. The van der Waals surface area contributed by atoms with Gasteiger partial charge in [0.2, 0.25) is 5.91 Å². The smallest absolute Gasteiger partial charge is 0.223 e. The molecule has 0 saturated carbocycles. The molecule has 2 rings (SSSR count). The van der Waals surface area contributed by atoms with Crippen LogP contribution in [-0.2, 0) is 11.2 Å². The number of likely N-dealkylation sites (tertiary alicyclic amines) is 1. The summed E-state index contributed by atoms with van der Waals surface area (Å²) in [7, 11) is 0. The Hall–Kier alpha value is -1.55. The van der Waals surface area contributed by atoms with Crippen molar-refractivity contribution in [3.05, 3.63) is 29.8 Å². The number of anilines is 1. The van der Waals surface area contributed by atoms with Crippen LogP contribution in [0, 0.1) is 0 Å². The lowest BCUT2D eigenvalue weighted by atomic mass is 9.98. The van der Waals surface area contributed by atoms with Gasteiger partial charge in [0.15, 0.2) is 0 Å². The van der Waals surface area contributed by atoms with Crippen molar-refractivity contribution in [2.45, 2.75) is 44.6 Å². The number of carbonyl (C=O) groups is 1. The number of nitrogens with zero attached hydrogens (tertiary/aromatic N) is 1. The summed E-state index contributed by atoms with van der Waals surface area (Å²) >= 11 is 0. The van der Waals surface area contributed by atoms with E-state index in [2.05, 4.69) is 0 Å². The Bertz CT molecular complexity index is 446. The van der Waals surface area contributed by atoms with E-state index in [0.29, 0.717) is 19.3 Å². The van der Waals surface area contributed by atoms with E-state index in [9.17, 15) is 4.79 Å². The number of piperidine rings is 1. The van der Waals surface area contributed by atoms with Crippen LogP contribution in [0.5, 0.6) is 0 Å². The maximum Gasteiger partial charge on any atom is 0.223 e. The molecule has 1 aliphatic heterocycles. The third-order valence-corrected chi connectivity index (χ3v) is 4.07. The van der Waals surface area contributed by atoms with Crippen LogP contribution in [0.1, 0.15) is 37.7 Å². The number of rotatable bonds is 5. The van der Waals surface area contributed by atoms with Crippen LogP contribution in [0.25, 0.3) is 0 Å². The highest BCUT2D eigenvalue weighted by Gasteiger charge is 2.25. The van der Waals surface area contributed by atoms with Crippen LogP contribution in [0.3, 0.4) is 0 Å². The number of hydrogen-bond acceptors (Lipinski definition) is 3. The summed E-state index contributed by atoms with van der Waals surface area (Å²) in [6, 6.07) is 7.92. The Kier molecular flexibility index (Phi) is 5.41. The normalized spacial score (nSPS) is 19.1. The molecule has 0 aromatic heterocycles. The first-order valence-corrected chi connectivity index (χ1v) is 7.46. The molecule has 1 heterocycles. The molecule has 1 saturated heterocycles. The minimum absolute atomic E-state index is 0.153. The van der Waals surface area contributed by atoms with Crippen molar-refractivity contribution in [3.63, 3.8) is 0 Å². The molecule has 1 aromatic rings. The second-order valence-electron chi connectivity index (χ2n) is 5.45. The maximum atomic E-state index is 12.4. The van der Waals surface area contributed by atoms with Gasteiger partial charge >= 0.3 is 0 Å². The number of para-hydroxylation sites is 1. The quantitative estimate of drug-likeness (QED) is 0.808. The van der Waals surface area contributed by atoms with E-state index >= 15 is 0 Å². The lowest BCUT2D eigenvalue weighted by Gasteiger charge is -2.35. The SMILES string of the molecule is Nc1ccccc1CCC(=O)N1CCCCC1CCO. The minimum Gasteiger partial charge on any atom is -0.399 e. The summed E-state index contributed by atoms with van der Waals surface area (Å²) in [5.41, 5.74) is 7.70. The van der Waals surface area contributed by atoms with Gasteiger partial charge in [-0.3, -0.25) is 4.79 Å². The Balaban J connectivity index is 1.91. The van der Waals surface area contributed by atoms with E-state index in [0.717, 1.165) is 37.1 Å². The largest absolute Gasteiger partial charge is 0.399 e. The third-order valence-electron chi connectivity index (χ3n) is 4.07. The zero-order valence-corrected chi connectivity index (χ0v) is 11.9. The molecular weight excluding hydrogens is 252 g/mol. The van der Waals surface area contributed by atoms with Gasteiger partial charge in [0, 0.05) is 31.3 Å². The van der Waals surface area contributed by atoms with Crippen LogP contribution < -0.4 is 5.73 Å². The second-order valence-corrected chi connectivity index (χ2v) is 5.45. The fraction of sp³-hybridized carbons (Fsp3) is 0.562. The predicted molar refractivity (Wildman–Crippen MR) is 80.2 cm³/mol. The summed E-state index contributed by atoms with van der Waals surface area (Å²) in [6.07, 6.45) is 5.12. The molecule has 0 spiro atoms. The van der Waals surface area contributed by atoms with Crippen LogP contribution >= 0.6 is 0 Å². The van der Waals surface area contributed by atoms with Gasteiger partial charge in [0.25, 0.3) is 0 Å². The van der Waals surface area contributed by atoms with E-state index in [1.807, 2.05) is 29.2 Å². The first-order chi connectivity index (χ1) is 9.72. The zero-order valence-electron chi connectivity index (χ0n) is 11.9. The predicted octanol–water partition coefficient (Wildman–Crippen LogP) is 1.96. The van der Waals surface area contributed by atoms with E-state index in [4.69, 9.17) is 10.8 Å². The molecule has 4 nitrogen and oxygen atoms in total. The maximum absolute atomic E-state index is 12.4. The number of carbonyl (C=O) groups excluding carboxylic acids is 1. The van der Waals surface area contributed by atoms with Crippen molar-refractivity contribution >= 4 is 11.6 Å². The van der Waals surface area contributed by atoms with Crippen molar-refractivity contribution in [2.24, 2.45) is 0 Å². The summed E-state index contributed by atoms with van der Waals surface area (Å²) in [5, 5.41) is 9.11. The van der Waals surface area contributed by atoms with Gasteiger partial charge in [0.05, 0.1) is 0 Å². The van der Waals surface area contributed by atoms with Gasteiger partial charge in [-0.2, -0.15) is 0 Å². The first kappa shape index (κ1) is 14.9. The van der Waals surface area contributed by atoms with E-state index in [1.54, 1.807) is 0 Å². The lowest BCUT2D eigenvalue weighted by molar-refractivity contribution is -0.135. The highest BCUT2D eigenvalue weighted by molar-refractivity contribution is 5.77. The van der Waals surface area contributed by atoms with Gasteiger partial charge < -0.3 is 15.7 Å². The molecule has 20 heavy (non-hydrogen) atoms. The second kappa shape index (κ2) is 7.29. The average Bonchev–Trinajstić information content (AvgIpc) is 2.47. The molecule has 110 valence electrons. The van der Waals surface area contributed by atoms with E-state index in [1.165, 1.54) is 0 Å². The van der Waals surface area contributed by atoms with Crippen LogP contribution in [0.2, 0.25) is 0 Å². The lowest BCUT2D eigenvalue weighted by Crippen LogP contribution is -2.44. The average molecular weight is 276 g/mol. The number of benzene rings is 1. The molecule has 1 fully saturated rings. The molecule has 0 bridgehead atoms. The van der Waals surface area contributed by atoms with E-state index in [-0.39, 0.29) is 18.6 Å². The van der Waals surface area contributed by atoms with Gasteiger partial charge in [0.1, 0.15) is 0 Å². The molecule has 1 aliphatic rings. The molecule has 0 radical (unpaired) electrons. The van der Waals surface area contributed by atoms with Gasteiger partial charge in [-0.25, -0.2) is 0 Å². The van der Waals surface area contributed by atoms with Gasteiger partial charge in [-0.05, 0) is 43.7 Å². The summed E-state index contributed by atoms with van der Waals surface area (Å²) in [4.78, 5) is 14.3. The number of aliphatic hydroxyl groups is 1. The van der Waals surface area contributed by atoms with Crippen LogP contribution in [0.4, 0.5) is 5.69 Å². The standard InChI is InChI=1S/C16H24N2O2/c17-15-7-2-1-5-13(15)8-9-16(20)18-11-4-3-6-14(18)10-12-19/h1-2,5,7,14,19H,3-4,6,8-12,17H2. The molecule has 1 atom stereocenters. The van der Waals surface area contributed by atoms with Crippen molar-refractivity contribution in [3.8, 4) is 0 Å². The Morgan fingerprint density at radius 1 is 1.35 bits per heavy atom. The summed E-state index contributed by atoms with van der Waals surface area (Å²) < 4.78 is 0. The zero-order chi connectivity index (χ0) is 14.4. The molecular formula is C16H24N2O2. The first-order valence-electron chi connectivity index (χ1n) is 7.46. The molecule has 3 N–H and O–H groups in total. The number of nitrogens with two attached hydrogens (primary N) is 1. The Labute approximate surface area is 120 Å². The number of aryl methyl sites for hydroxylation is 1. The fourth-order valence-electron chi connectivity index (χ4n) is 2.93. The monoisotopic (exact) mass is 276 g/mol. The molecule has 4 heteroatoms. The van der Waals surface area contributed by atoms with Crippen molar-refractivity contribution in [1.29, 1.82) is 0 Å². The van der Waals surface area contributed by atoms with E-state index < -0.39 is 0 Å². The van der Waals surface area contributed by atoms with Crippen molar-refractivity contribution in [1.82, 2.24) is 4.90 Å². The Morgan fingerprint density at radius 3 is 2.90 bits per heavy atom. The summed E-state index contributed by atoms with van der Waals surface area (Å²) in [5.74, 6) is 0.186. The minimum atomic E-state index is 0.153. The van der Waals surface area contributed by atoms with Gasteiger partial charge in [-0.15, -0.1) is 0 Å². The van der Waals surface area contributed by atoms with Crippen LogP contribution in [-0.4, -0.2) is 35.1 Å². The highest BCUT2D eigenvalue weighted by atomic mass is 16.3. The molecule has 1 aromatic carbocycles. The fourth-order valence-corrected chi connectivity index (χ4v) is 2.93. The third kappa shape index (κ3) is 3.73. The number of hydrogen-bond donors (Lipinski definition) is 2. The molecule has 1 unspecified atom stereocenters.